The number of carbonyl (C=O) groups is 4. The van der Waals surface area contributed by atoms with Crippen molar-refractivity contribution < 1.29 is 38.9 Å². The standard InChI is InChI=1S/C27H43NO4.C26H41NO4/c1-4-5-6-7-8-9-10-11-22-12-14-23(15-13-22)19-28-24-16-17-27(18-24,25(29)30)26(31)32-20-21(2)3;1-4-6-7-8-9-10-11-12-21-13-15-22(16-14-21)20-27(3)23-17-18-26(19-23,24(28)29)25(30)31-5-2/h12-15,21,24,28H,4-11,16-20H2,1-3H3,(H,29,30);13-16,23H,4-12,17-20H2,1-3H3,(H,28,29). The van der Waals surface area contributed by atoms with Crippen LogP contribution in [0.15, 0.2) is 48.5 Å². The number of carbonyl (C=O) groups excluding carboxylic acids is 2. The zero-order valence-corrected chi connectivity index (χ0v) is 40.0. The summed E-state index contributed by atoms with van der Waals surface area (Å²) >= 11 is 0. The van der Waals surface area contributed by atoms with Crippen LogP contribution in [0.1, 0.15) is 185 Å². The van der Waals surface area contributed by atoms with Crippen molar-refractivity contribution in [3.05, 3.63) is 70.8 Å². The Labute approximate surface area is 380 Å². The highest BCUT2D eigenvalue weighted by Crippen LogP contribution is 2.42. The third-order valence-corrected chi connectivity index (χ3v) is 13.3. The normalized spacial score (nSPS) is 20.7. The first-order valence-electron chi connectivity index (χ1n) is 24.7. The van der Waals surface area contributed by atoms with Crippen molar-refractivity contribution in [3.63, 3.8) is 0 Å². The van der Waals surface area contributed by atoms with Crippen LogP contribution in [0.3, 0.4) is 0 Å². The highest BCUT2D eigenvalue weighted by Gasteiger charge is 2.54. The fourth-order valence-electron chi connectivity index (χ4n) is 9.09. The molecule has 0 heterocycles. The van der Waals surface area contributed by atoms with E-state index in [2.05, 4.69) is 72.6 Å². The van der Waals surface area contributed by atoms with Gasteiger partial charge in [0.1, 0.15) is 0 Å². The number of nitrogens with zero attached hydrogens (tertiary/aromatic N) is 1. The van der Waals surface area contributed by atoms with Crippen LogP contribution in [0.25, 0.3) is 0 Å². The first-order chi connectivity index (χ1) is 30.3. The Balaban J connectivity index is 0.000000335. The van der Waals surface area contributed by atoms with E-state index in [1.54, 1.807) is 6.92 Å². The Bertz CT molecular complexity index is 1630. The van der Waals surface area contributed by atoms with Gasteiger partial charge in [-0.2, -0.15) is 0 Å². The van der Waals surface area contributed by atoms with Gasteiger partial charge in [0.2, 0.25) is 0 Å². The van der Waals surface area contributed by atoms with Gasteiger partial charge < -0.3 is 25.0 Å². The van der Waals surface area contributed by atoms with Crippen molar-refractivity contribution in [3.8, 4) is 0 Å². The van der Waals surface area contributed by atoms with E-state index in [0.29, 0.717) is 38.6 Å². The minimum Gasteiger partial charge on any atom is -0.480 e. The summed E-state index contributed by atoms with van der Waals surface area (Å²) in [5.74, 6) is -3.11. The maximum Gasteiger partial charge on any atom is 0.323 e. The highest BCUT2D eigenvalue weighted by molar-refractivity contribution is 6.00. The third kappa shape index (κ3) is 18.0. The predicted octanol–water partition coefficient (Wildman–Crippen LogP) is 11.5. The molecule has 2 aromatic carbocycles. The van der Waals surface area contributed by atoms with Crippen LogP contribution in [0.4, 0.5) is 0 Å². The number of benzene rings is 2. The fourth-order valence-corrected chi connectivity index (χ4v) is 9.09. The third-order valence-electron chi connectivity index (χ3n) is 13.3. The molecule has 0 saturated heterocycles. The average molecular weight is 877 g/mol. The maximum atomic E-state index is 12.5. The van der Waals surface area contributed by atoms with Crippen LogP contribution in [0.2, 0.25) is 0 Å². The molecule has 3 N–H and O–H groups in total. The van der Waals surface area contributed by atoms with E-state index in [1.807, 2.05) is 20.9 Å². The summed E-state index contributed by atoms with van der Waals surface area (Å²) in [6.45, 7) is 12.0. The van der Waals surface area contributed by atoms with Crippen LogP contribution in [0.5, 0.6) is 0 Å². The average Bonchev–Trinajstić information content (AvgIpc) is 3.93. The van der Waals surface area contributed by atoms with Crippen molar-refractivity contribution in [2.75, 3.05) is 20.3 Å². The van der Waals surface area contributed by atoms with Crippen molar-refractivity contribution in [2.24, 2.45) is 16.7 Å². The molecule has 0 bridgehead atoms. The molecule has 2 aliphatic rings. The van der Waals surface area contributed by atoms with Crippen LogP contribution < -0.4 is 5.32 Å². The molecular weight excluding hydrogens is 793 g/mol. The van der Waals surface area contributed by atoms with Crippen molar-refractivity contribution in [2.45, 2.75) is 201 Å². The Kier molecular flexibility index (Phi) is 24.6. The molecule has 0 amide bonds. The largest absolute Gasteiger partial charge is 0.480 e. The number of unbranched alkanes of at least 4 members (excludes halogenated alkanes) is 12. The molecule has 354 valence electrons. The summed E-state index contributed by atoms with van der Waals surface area (Å²) < 4.78 is 10.4. The summed E-state index contributed by atoms with van der Waals surface area (Å²) in [6, 6.07) is 17.6. The molecule has 0 aromatic heterocycles. The zero-order valence-electron chi connectivity index (χ0n) is 40.0. The predicted molar refractivity (Wildman–Crippen MR) is 252 cm³/mol. The quantitative estimate of drug-likeness (QED) is 0.0411. The zero-order chi connectivity index (χ0) is 46.1. The number of rotatable bonds is 29. The SMILES string of the molecule is CCCCCCCCCc1ccc(CN(C)C2CCC(C(=O)O)(C(=O)OCC)C2)cc1.CCCCCCCCCc1ccc(CNC2CCC(C(=O)O)(C(=O)OCC(C)C)C2)cc1. The highest BCUT2D eigenvalue weighted by atomic mass is 16.5. The molecule has 0 radical (unpaired) electrons. The van der Waals surface area contributed by atoms with E-state index in [1.165, 1.54) is 112 Å². The van der Waals surface area contributed by atoms with Gasteiger partial charge in [-0.15, -0.1) is 0 Å². The molecule has 4 unspecified atom stereocenters. The van der Waals surface area contributed by atoms with Gasteiger partial charge in [0, 0.05) is 25.2 Å². The van der Waals surface area contributed by atoms with Gasteiger partial charge in [-0.25, -0.2) is 0 Å². The smallest absolute Gasteiger partial charge is 0.323 e. The van der Waals surface area contributed by atoms with E-state index in [9.17, 15) is 29.4 Å². The molecule has 0 spiro atoms. The van der Waals surface area contributed by atoms with Gasteiger partial charge in [0.05, 0.1) is 13.2 Å². The Morgan fingerprint density at radius 1 is 0.635 bits per heavy atom. The van der Waals surface area contributed by atoms with Crippen LogP contribution in [0, 0.1) is 16.7 Å². The van der Waals surface area contributed by atoms with E-state index < -0.39 is 34.7 Å². The Morgan fingerprint density at radius 3 is 1.57 bits per heavy atom. The summed E-state index contributed by atoms with van der Waals surface area (Å²) in [6.07, 6.45) is 23.4. The monoisotopic (exact) mass is 877 g/mol. The number of aryl methyl sites for hydroxylation is 2. The van der Waals surface area contributed by atoms with Gasteiger partial charge in [-0.1, -0.05) is 153 Å². The van der Waals surface area contributed by atoms with Crippen LogP contribution in [-0.2, 0) is 54.6 Å². The molecule has 63 heavy (non-hydrogen) atoms. The lowest BCUT2D eigenvalue weighted by molar-refractivity contribution is -0.170. The van der Waals surface area contributed by atoms with Crippen LogP contribution in [-0.4, -0.2) is 71.3 Å². The number of esters is 2. The second kappa shape index (κ2) is 28.9. The molecule has 10 heteroatoms. The summed E-state index contributed by atoms with van der Waals surface area (Å²) in [7, 11) is 2.01. The molecule has 2 aromatic rings. The molecular formula is C53H84N2O8. The number of carboxylic acids is 2. The summed E-state index contributed by atoms with van der Waals surface area (Å²) in [5.41, 5.74) is 2.36. The molecule has 0 aliphatic heterocycles. The van der Waals surface area contributed by atoms with E-state index >= 15 is 0 Å². The van der Waals surface area contributed by atoms with Gasteiger partial charge in [0.15, 0.2) is 10.8 Å². The van der Waals surface area contributed by atoms with Crippen molar-refractivity contribution in [1.82, 2.24) is 10.2 Å². The topological polar surface area (TPSA) is 142 Å². The number of carboxylic acid groups (broad SMARTS) is 2. The summed E-state index contributed by atoms with van der Waals surface area (Å²) in [5, 5.41) is 22.9. The molecule has 2 fully saturated rings. The number of hydrogen-bond donors (Lipinski definition) is 3. The van der Waals surface area contributed by atoms with Gasteiger partial charge >= 0.3 is 23.9 Å². The Hall–Kier alpha value is -3.76. The minimum absolute atomic E-state index is 0.00471. The first kappa shape index (κ1) is 53.6. The lowest BCUT2D eigenvalue weighted by Crippen LogP contribution is -2.40. The number of aliphatic carboxylic acids is 2. The van der Waals surface area contributed by atoms with Crippen molar-refractivity contribution in [1.29, 1.82) is 0 Å². The number of nitrogens with one attached hydrogen (secondary N) is 1. The molecule has 2 aliphatic carbocycles. The van der Waals surface area contributed by atoms with Crippen LogP contribution >= 0.6 is 0 Å². The van der Waals surface area contributed by atoms with E-state index in [4.69, 9.17) is 9.47 Å². The molecule has 4 rings (SSSR count). The number of ether oxygens (including phenoxy) is 2. The van der Waals surface area contributed by atoms with E-state index in [0.717, 1.165) is 19.4 Å². The Morgan fingerprint density at radius 2 is 1.08 bits per heavy atom. The van der Waals surface area contributed by atoms with Crippen molar-refractivity contribution >= 4 is 23.9 Å². The second-order valence-electron chi connectivity index (χ2n) is 19.0. The lowest BCUT2D eigenvalue weighted by Gasteiger charge is -2.27. The first-order valence-corrected chi connectivity index (χ1v) is 24.7. The second-order valence-corrected chi connectivity index (χ2v) is 19.0. The van der Waals surface area contributed by atoms with Gasteiger partial charge in [-0.05, 0) is 106 Å². The minimum atomic E-state index is -1.41. The van der Waals surface area contributed by atoms with Gasteiger partial charge in [0.25, 0.3) is 0 Å². The fraction of sp³-hybridized carbons (Fsp3) is 0.698. The molecule has 4 atom stereocenters. The molecule has 10 nitrogen and oxygen atoms in total. The van der Waals surface area contributed by atoms with Gasteiger partial charge in [-0.3, -0.25) is 24.1 Å². The maximum absolute atomic E-state index is 12.5. The number of hydrogen-bond acceptors (Lipinski definition) is 8. The lowest BCUT2D eigenvalue weighted by atomic mass is 9.86. The van der Waals surface area contributed by atoms with E-state index in [-0.39, 0.29) is 37.6 Å². The summed E-state index contributed by atoms with van der Waals surface area (Å²) in [4.78, 5) is 50.8. The molecule has 2 saturated carbocycles.